The molecule has 12 rings (SSSR count). The van der Waals surface area contributed by atoms with E-state index in [4.69, 9.17) is 14.5 Å². The van der Waals surface area contributed by atoms with Gasteiger partial charge in [0.25, 0.3) is 5.91 Å². The normalized spacial score (nSPS) is 28.5. The van der Waals surface area contributed by atoms with E-state index in [-0.39, 0.29) is 54.2 Å². The molecule has 1 aliphatic carbocycles. The number of piperazine rings is 1. The third-order valence-corrected chi connectivity index (χ3v) is 19.4. The zero-order valence-corrected chi connectivity index (χ0v) is 48.0. The van der Waals surface area contributed by atoms with Crippen LogP contribution in [0.15, 0.2) is 54.7 Å². The van der Waals surface area contributed by atoms with E-state index in [9.17, 15) is 14.4 Å². The lowest BCUT2D eigenvalue weighted by molar-refractivity contribution is -0.155. The molecule has 3 N–H and O–H groups in total. The topological polar surface area (TPSA) is 167 Å². The number of methoxy groups -OCH3 is 1. The number of piperidine rings is 1. The number of hydrogen-bond donors (Lipinski definition) is 3. The van der Waals surface area contributed by atoms with E-state index in [0.29, 0.717) is 43.8 Å². The number of ether oxygens (including phenoxy) is 2. The molecule has 2 aromatic heterocycles. The Hall–Kier alpha value is -5.39. The molecular weight excluding hydrogens is 993 g/mol. The number of nitrogens with zero attached hydrogens (tertiary/aromatic N) is 7. The Morgan fingerprint density at radius 1 is 0.911 bits per heavy atom. The van der Waals surface area contributed by atoms with Crippen molar-refractivity contribution in [1.82, 2.24) is 45.3 Å². The highest BCUT2D eigenvalue weighted by molar-refractivity contribution is 5.96. The first kappa shape index (κ1) is 54.2. The fourth-order valence-corrected chi connectivity index (χ4v) is 14.8. The number of carbonyl (C=O) groups excluding carboxylic acids is 4. The number of nitrogens with one attached hydrogen (secondary N) is 3. The Morgan fingerprint density at radius 3 is 2.53 bits per heavy atom. The molecule has 4 aromatic rings. The number of rotatable bonds is 11. The van der Waals surface area contributed by atoms with Crippen LogP contribution in [-0.4, -0.2) is 162 Å². The molecule has 6 bridgehead atoms. The molecule has 0 unspecified atom stereocenters. The van der Waals surface area contributed by atoms with Crippen molar-refractivity contribution in [3.63, 3.8) is 0 Å². The van der Waals surface area contributed by atoms with Gasteiger partial charge in [-0.15, -0.1) is 0 Å². The first-order valence-corrected chi connectivity index (χ1v) is 30.2. The predicted molar refractivity (Wildman–Crippen MR) is 307 cm³/mol. The van der Waals surface area contributed by atoms with E-state index in [1.165, 1.54) is 44.2 Å². The van der Waals surface area contributed by atoms with Gasteiger partial charge in [-0.3, -0.25) is 44.3 Å². The molecule has 2 aromatic carbocycles. The van der Waals surface area contributed by atoms with Gasteiger partial charge in [-0.05, 0) is 137 Å². The zero-order valence-electron chi connectivity index (χ0n) is 48.0. The summed E-state index contributed by atoms with van der Waals surface area (Å²) in [7, 11) is 1.75. The molecule has 8 aliphatic rings. The van der Waals surface area contributed by atoms with Gasteiger partial charge < -0.3 is 29.2 Å². The molecule has 79 heavy (non-hydrogen) atoms. The van der Waals surface area contributed by atoms with Gasteiger partial charge in [-0.25, -0.2) is 5.43 Å². The maximum absolute atomic E-state index is 15.0. The van der Waals surface area contributed by atoms with Crippen molar-refractivity contribution >= 4 is 40.3 Å². The van der Waals surface area contributed by atoms with Crippen LogP contribution in [0.25, 0.3) is 33.3 Å². The summed E-state index contributed by atoms with van der Waals surface area (Å²) in [6.07, 6.45) is 11.9. The van der Waals surface area contributed by atoms with E-state index in [1.807, 2.05) is 6.07 Å². The Kier molecular flexibility index (Phi) is 15.0. The minimum Gasteiger partial charge on any atom is -0.464 e. The predicted octanol–water partition coefficient (Wildman–Crippen LogP) is 7.12. The fourth-order valence-electron chi connectivity index (χ4n) is 14.8. The number of benzene rings is 2. The number of aromatic nitrogens is 2. The Bertz CT molecular complexity index is 2970. The Balaban J connectivity index is 0.875. The molecule has 1 spiro atoms. The number of fused-ring (bicyclic) bond motifs is 7. The summed E-state index contributed by atoms with van der Waals surface area (Å²) in [5.74, 6) is 0.0148. The summed E-state index contributed by atoms with van der Waals surface area (Å²) >= 11 is 0. The van der Waals surface area contributed by atoms with Gasteiger partial charge in [0.05, 0.1) is 42.0 Å². The van der Waals surface area contributed by atoms with Crippen molar-refractivity contribution in [2.24, 2.45) is 22.7 Å². The van der Waals surface area contributed by atoms with Gasteiger partial charge in [0.15, 0.2) is 0 Å². The number of anilines is 1. The van der Waals surface area contributed by atoms with Gasteiger partial charge in [0, 0.05) is 105 Å². The second-order valence-corrected chi connectivity index (χ2v) is 26.1. The molecule has 0 radical (unpaired) electrons. The van der Waals surface area contributed by atoms with Crippen molar-refractivity contribution in [2.75, 3.05) is 77.5 Å². The maximum Gasteiger partial charge on any atom is 0.324 e. The first-order chi connectivity index (χ1) is 38.1. The molecular formula is C63H86N10O6. The van der Waals surface area contributed by atoms with E-state index in [0.717, 1.165) is 115 Å². The van der Waals surface area contributed by atoms with Crippen LogP contribution in [0.4, 0.5) is 5.69 Å². The Labute approximate surface area is 467 Å². The molecule has 1 saturated carbocycles. The second-order valence-electron chi connectivity index (χ2n) is 26.1. The highest BCUT2D eigenvalue weighted by Crippen LogP contribution is 2.46. The number of amides is 3. The molecule has 16 heteroatoms. The quantitative estimate of drug-likeness (QED) is 0.103. The standard InChI is InChI=1S/C63H86N10O6/c1-8-72-52-20-19-44-31-47(52)49(57(72)48-32-46(34-64-53(48)40(4)78-7)69-28-27-68-23-10-9-15-45(68)35-69)33-62(5,6)38-79-61(77)50-16-12-24-73(67-50)59(75)51(30-41-13-11-14-43(44)29-41)65-58(74)56(39(2)3)70-25-21-63(36-70)22-26-71(37-63)60(76)55-54(66-55)42-17-18-42/h11,13-14,19-20,29,31-32,34,39-40,42,45,50-51,54-56,66-67H,8-10,12,15-18,21-28,30,33,35-38H2,1-7H3,(H,65,74)/t40-,45+,50-,51-,54+,55+,56-,63-/m0/s1. The van der Waals surface area contributed by atoms with Crippen molar-refractivity contribution in [3.8, 4) is 22.4 Å². The number of carbonyl (C=O) groups is 4. The summed E-state index contributed by atoms with van der Waals surface area (Å²) in [4.78, 5) is 72.7. The summed E-state index contributed by atoms with van der Waals surface area (Å²) in [5.41, 5.74) is 12.2. The Morgan fingerprint density at radius 2 is 1.73 bits per heavy atom. The number of cyclic esters (lactones) is 1. The number of hydrogen-bond acceptors (Lipinski definition) is 12. The number of esters is 1. The number of pyridine rings is 1. The average molecular weight is 1080 g/mol. The lowest BCUT2D eigenvalue weighted by Gasteiger charge is -2.45. The van der Waals surface area contributed by atoms with Gasteiger partial charge in [0.2, 0.25) is 11.8 Å². The maximum atomic E-state index is 15.0. The second kappa shape index (κ2) is 21.8. The molecule has 424 valence electrons. The summed E-state index contributed by atoms with van der Waals surface area (Å²) < 4.78 is 14.8. The lowest BCUT2D eigenvalue weighted by atomic mass is 9.84. The number of likely N-dealkylation sites (tertiary alicyclic amines) is 2. The van der Waals surface area contributed by atoms with E-state index < -0.39 is 29.5 Å². The van der Waals surface area contributed by atoms with Crippen LogP contribution in [0.1, 0.15) is 122 Å². The molecule has 8 atom stereocenters. The van der Waals surface area contributed by atoms with Gasteiger partial charge >= 0.3 is 5.97 Å². The largest absolute Gasteiger partial charge is 0.464 e. The molecule has 9 heterocycles. The highest BCUT2D eigenvalue weighted by atomic mass is 16.5. The number of aryl methyl sites for hydroxylation is 1. The van der Waals surface area contributed by atoms with Gasteiger partial charge in [-0.1, -0.05) is 64.4 Å². The van der Waals surface area contributed by atoms with Gasteiger partial charge in [0.1, 0.15) is 18.1 Å². The van der Waals surface area contributed by atoms with Crippen LogP contribution >= 0.6 is 0 Å². The van der Waals surface area contributed by atoms with Crippen molar-refractivity contribution in [3.05, 3.63) is 71.5 Å². The van der Waals surface area contributed by atoms with Crippen molar-refractivity contribution in [2.45, 2.75) is 161 Å². The van der Waals surface area contributed by atoms with Crippen LogP contribution in [0.5, 0.6) is 0 Å². The van der Waals surface area contributed by atoms with E-state index >= 15 is 4.79 Å². The smallest absolute Gasteiger partial charge is 0.324 e. The zero-order chi connectivity index (χ0) is 54.9. The molecule has 6 saturated heterocycles. The lowest BCUT2D eigenvalue weighted by Crippen LogP contribution is -2.62. The van der Waals surface area contributed by atoms with E-state index in [1.54, 1.807) is 12.1 Å². The van der Waals surface area contributed by atoms with Crippen LogP contribution in [0.3, 0.4) is 0 Å². The van der Waals surface area contributed by atoms with Crippen LogP contribution in [0.2, 0.25) is 0 Å². The molecule has 3 amide bonds. The number of hydrazine groups is 1. The average Bonchev–Trinajstić information content (AvgIpc) is 4.38. The minimum absolute atomic E-state index is 0.0324. The molecule has 7 fully saturated rings. The first-order valence-electron chi connectivity index (χ1n) is 30.2. The molecule has 16 nitrogen and oxygen atoms in total. The third kappa shape index (κ3) is 10.9. The monoisotopic (exact) mass is 1080 g/mol. The van der Waals surface area contributed by atoms with Crippen LogP contribution in [0, 0.1) is 22.7 Å². The van der Waals surface area contributed by atoms with Gasteiger partial charge in [-0.2, -0.15) is 0 Å². The summed E-state index contributed by atoms with van der Waals surface area (Å²) in [6.45, 7) is 21.2. The van der Waals surface area contributed by atoms with E-state index in [2.05, 4.69) is 130 Å². The highest BCUT2D eigenvalue weighted by Gasteiger charge is 2.55. The van der Waals surface area contributed by atoms with Crippen molar-refractivity contribution in [1.29, 1.82) is 0 Å². The van der Waals surface area contributed by atoms with Crippen molar-refractivity contribution < 1.29 is 28.7 Å². The minimum atomic E-state index is -0.916. The van der Waals surface area contributed by atoms with Crippen LogP contribution in [-0.2, 0) is 48.0 Å². The van der Waals surface area contributed by atoms with Crippen LogP contribution < -0.4 is 21.0 Å². The molecule has 7 aliphatic heterocycles. The third-order valence-electron chi connectivity index (χ3n) is 19.4. The summed E-state index contributed by atoms with van der Waals surface area (Å²) in [5, 5.41) is 9.45. The fraction of sp³-hybridized carbons (Fsp3) is 0.635. The summed E-state index contributed by atoms with van der Waals surface area (Å²) in [6, 6.07) is 16.3. The SMILES string of the molecule is CCn1c(-c2cc(N3CCN4CCCC[C@@H]4C3)cnc2[C@H](C)OC)c2c3cc(ccc31)-c1cccc(c1)C[C@H](NC(=O)[C@H](C(C)C)N1CC[C@]3(CCN(C(=O)[C@@H]4N[C@@H]4C4CC4)C3)C1)C(=O)N1CCC[C@H](N1)C(=O)OCC(C)(C)C2.